The van der Waals surface area contributed by atoms with Gasteiger partial charge in [-0.2, -0.15) is 0 Å². The molecule has 4 aromatic carbocycles. The summed E-state index contributed by atoms with van der Waals surface area (Å²) in [4.78, 5) is 23.5. The molecule has 2 aliphatic heterocycles. The van der Waals surface area contributed by atoms with Gasteiger partial charge in [0.1, 0.15) is 11.5 Å². The van der Waals surface area contributed by atoms with E-state index >= 15 is 0 Å². The van der Waals surface area contributed by atoms with Gasteiger partial charge in [0.2, 0.25) is 0 Å². The number of nitrogens with zero attached hydrogens (tertiary/aromatic N) is 6. The molecule has 0 atom stereocenters. The standard InChI is InChI=1S/C23H13N2O2.C11H7N4.Ir/c1-3-10-19-17(8-1)25-18-9-2-4-11-20(18)27-22-14-15(13-21(26-19)23(22)25)16-7-5-6-12-24-16;1-2-5-9-8(4-1)14-11(15-9)10-12-6-3-7-13-10;/h1-13H;1-7H;/q2*-1;. The third kappa shape index (κ3) is 4.80. The third-order valence-corrected chi connectivity index (χ3v) is 6.88. The van der Waals surface area contributed by atoms with Gasteiger partial charge in [-0.25, -0.2) is 9.97 Å². The van der Waals surface area contributed by atoms with Crippen LogP contribution in [-0.2, 0) is 20.1 Å². The number of ether oxygens (including phenoxy) is 2. The fourth-order valence-electron chi connectivity index (χ4n) is 5.03. The van der Waals surface area contributed by atoms with Crippen LogP contribution in [0.15, 0.2) is 122 Å². The molecule has 0 bridgehead atoms. The Kier molecular flexibility index (Phi) is 6.87. The number of para-hydroxylation sites is 6. The van der Waals surface area contributed by atoms with E-state index in [1.165, 1.54) is 0 Å². The van der Waals surface area contributed by atoms with Gasteiger partial charge in [-0.15, -0.1) is 5.56 Å². The normalized spacial score (nSPS) is 11.9. The van der Waals surface area contributed by atoms with Crippen molar-refractivity contribution in [2.75, 3.05) is 4.90 Å². The van der Waals surface area contributed by atoms with Gasteiger partial charge < -0.3 is 29.3 Å². The molecule has 9 heteroatoms. The molecule has 7 aromatic rings. The summed E-state index contributed by atoms with van der Waals surface area (Å²) in [5.41, 5.74) is 6.25. The average molecular weight is 737 g/mol. The van der Waals surface area contributed by atoms with Crippen molar-refractivity contribution in [2.24, 2.45) is 0 Å². The Bertz CT molecular complexity index is 1960. The minimum Gasteiger partial charge on any atom is -0.473 e. The zero-order valence-corrected chi connectivity index (χ0v) is 24.8. The Balaban J connectivity index is 0.000000160. The van der Waals surface area contributed by atoms with Crippen LogP contribution in [0.3, 0.4) is 0 Å². The summed E-state index contributed by atoms with van der Waals surface area (Å²) in [5, 5.41) is 0. The van der Waals surface area contributed by atoms with E-state index in [9.17, 15) is 0 Å². The van der Waals surface area contributed by atoms with Crippen molar-refractivity contribution in [3.05, 3.63) is 128 Å². The summed E-state index contributed by atoms with van der Waals surface area (Å²) >= 11 is 0. The van der Waals surface area contributed by atoms with E-state index < -0.39 is 0 Å². The van der Waals surface area contributed by atoms with Crippen LogP contribution in [0.4, 0.5) is 17.1 Å². The van der Waals surface area contributed by atoms with Gasteiger partial charge in [-0.3, -0.25) is 0 Å². The van der Waals surface area contributed by atoms with Crippen LogP contribution in [0.5, 0.6) is 23.0 Å². The van der Waals surface area contributed by atoms with Gasteiger partial charge in [-0.1, -0.05) is 72.8 Å². The van der Waals surface area contributed by atoms with Crippen LogP contribution in [0, 0.1) is 6.07 Å². The number of rotatable bonds is 2. The van der Waals surface area contributed by atoms with Crippen molar-refractivity contribution in [1.29, 1.82) is 0 Å². The Morgan fingerprint density at radius 3 is 2.07 bits per heavy atom. The van der Waals surface area contributed by atoms with Crippen LogP contribution in [0.2, 0.25) is 0 Å². The predicted molar refractivity (Wildman–Crippen MR) is 159 cm³/mol. The third-order valence-electron chi connectivity index (χ3n) is 6.88. The number of hydrogen-bond acceptors (Lipinski definition) is 7. The van der Waals surface area contributed by atoms with E-state index in [1.807, 2.05) is 84.9 Å². The first-order valence-electron chi connectivity index (χ1n) is 13.3. The summed E-state index contributed by atoms with van der Waals surface area (Å²) in [6, 6.07) is 36.7. The second-order valence-electron chi connectivity index (χ2n) is 9.52. The number of aromatic nitrogens is 5. The summed E-state index contributed by atoms with van der Waals surface area (Å²) in [6.45, 7) is 0. The minimum absolute atomic E-state index is 0. The van der Waals surface area contributed by atoms with Crippen LogP contribution in [0.1, 0.15) is 0 Å². The van der Waals surface area contributed by atoms with Crippen molar-refractivity contribution in [1.82, 2.24) is 24.9 Å². The molecule has 9 rings (SSSR count). The summed E-state index contributed by atoms with van der Waals surface area (Å²) in [5.74, 6) is 4.12. The fraction of sp³-hybridized carbons (Fsp3) is 0. The SMILES string of the molecule is [Ir].[c-]1c(-c2ccccn2)cc2c3c1Oc1ccccc1N3c1ccccc1O2.c1cnc(-c2nc3ccccc3[n-]2)nc1. The van der Waals surface area contributed by atoms with Crippen molar-refractivity contribution < 1.29 is 29.6 Å². The molecular formula is C34H20IrN6O2-2. The molecule has 0 saturated carbocycles. The van der Waals surface area contributed by atoms with Crippen molar-refractivity contribution >= 4 is 28.1 Å². The van der Waals surface area contributed by atoms with E-state index in [-0.39, 0.29) is 20.1 Å². The van der Waals surface area contributed by atoms with Gasteiger partial charge in [0.25, 0.3) is 0 Å². The molecule has 0 N–H and O–H groups in total. The van der Waals surface area contributed by atoms with Gasteiger partial charge in [0.15, 0.2) is 5.82 Å². The molecule has 0 amide bonds. The molecule has 0 aliphatic carbocycles. The molecule has 1 radical (unpaired) electrons. The van der Waals surface area contributed by atoms with E-state index in [0.29, 0.717) is 17.4 Å². The Morgan fingerprint density at radius 2 is 1.33 bits per heavy atom. The number of fused-ring (bicyclic) bond motifs is 5. The first kappa shape index (κ1) is 26.5. The zero-order valence-electron chi connectivity index (χ0n) is 22.4. The average Bonchev–Trinajstić information content (AvgIpc) is 3.50. The number of anilines is 3. The first-order chi connectivity index (χ1) is 20.8. The largest absolute Gasteiger partial charge is 0.473 e. The minimum atomic E-state index is 0. The number of pyridine rings is 1. The molecule has 8 nitrogen and oxygen atoms in total. The second-order valence-corrected chi connectivity index (χ2v) is 9.52. The molecule has 209 valence electrons. The van der Waals surface area contributed by atoms with E-state index in [1.54, 1.807) is 24.7 Å². The van der Waals surface area contributed by atoms with E-state index in [2.05, 4.69) is 48.0 Å². The quantitative estimate of drug-likeness (QED) is 0.166. The van der Waals surface area contributed by atoms with Crippen molar-refractivity contribution in [3.8, 4) is 45.9 Å². The van der Waals surface area contributed by atoms with Crippen molar-refractivity contribution in [3.63, 3.8) is 0 Å². The summed E-state index contributed by atoms with van der Waals surface area (Å²) in [6.07, 6.45) is 5.14. The van der Waals surface area contributed by atoms with Crippen LogP contribution in [-0.4, -0.2) is 19.9 Å². The Morgan fingerprint density at radius 1 is 0.651 bits per heavy atom. The van der Waals surface area contributed by atoms with Gasteiger partial charge >= 0.3 is 0 Å². The summed E-state index contributed by atoms with van der Waals surface area (Å²) < 4.78 is 12.4. The maximum atomic E-state index is 6.23. The smallest absolute Gasteiger partial charge is 0.150 e. The van der Waals surface area contributed by atoms with E-state index in [4.69, 9.17) is 9.47 Å². The molecule has 3 aromatic heterocycles. The topological polar surface area (TPSA) is 87.4 Å². The molecule has 5 heterocycles. The molecule has 0 saturated heterocycles. The summed E-state index contributed by atoms with van der Waals surface area (Å²) in [7, 11) is 0. The molecule has 2 aliphatic rings. The van der Waals surface area contributed by atoms with Gasteiger partial charge in [0.05, 0.1) is 22.9 Å². The second kappa shape index (κ2) is 11.1. The Labute approximate surface area is 260 Å². The molecular weight excluding hydrogens is 717 g/mol. The molecule has 0 unspecified atom stereocenters. The predicted octanol–water partition coefficient (Wildman–Crippen LogP) is 7.88. The van der Waals surface area contributed by atoms with Crippen LogP contribution >= 0.6 is 0 Å². The zero-order chi connectivity index (χ0) is 27.9. The number of benzene rings is 4. The number of hydrogen-bond donors (Lipinski definition) is 0. The Hall–Kier alpha value is -5.37. The van der Waals surface area contributed by atoms with Gasteiger partial charge in [0, 0.05) is 44.4 Å². The maximum absolute atomic E-state index is 6.23. The molecule has 0 spiro atoms. The van der Waals surface area contributed by atoms with Crippen LogP contribution < -0.4 is 19.4 Å². The molecule has 0 fully saturated rings. The molecule has 43 heavy (non-hydrogen) atoms. The fourth-order valence-corrected chi connectivity index (χ4v) is 5.03. The maximum Gasteiger partial charge on any atom is 0.150 e. The van der Waals surface area contributed by atoms with Gasteiger partial charge in [-0.05, 0) is 58.9 Å². The van der Waals surface area contributed by atoms with E-state index in [0.717, 1.165) is 56.6 Å². The monoisotopic (exact) mass is 737 g/mol. The van der Waals surface area contributed by atoms with Crippen LogP contribution in [0.25, 0.3) is 33.9 Å². The number of imidazole rings is 1. The van der Waals surface area contributed by atoms with Crippen molar-refractivity contribution in [2.45, 2.75) is 0 Å². The first-order valence-corrected chi connectivity index (χ1v) is 13.3.